The lowest BCUT2D eigenvalue weighted by atomic mass is 9.75. The number of benzene rings is 5. The second-order valence-corrected chi connectivity index (χ2v) is 11.9. The Hall–Kier alpha value is -4.84. The van der Waals surface area contributed by atoms with E-state index in [9.17, 15) is 4.79 Å². The number of carbonyl (C=O) groups excluding carboxylic acids is 1. The number of ketones is 1. The number of aryl methyl sites for hydroxylation is 1. The minimum absolute atomic E-state index is 0.0623. The first-order valence-corrected chi connectivity index (χ1v) is 14.6. The van der Waals surface area contributed by atoms with Gasteiger partial charge in [0.1, 0.15) is 29.5 Å². The Labute approximate surface area is 251 Å². The van der Waals surface area contributed by atoms with Gasteiger partial charge in [0.2, 0.25) is 5.72 Å². The normalized spacial score (nSPS) is 18.0. The van der Waals surface area contributed by atoms with Crippen molar-refractivity contribution in [2.24, 2.45) is 4.99 Å². The van der Waals surface area contributed by atoms with E-state index >= 15 is 0 Å². The highest BCUT2D eigenvalue weighted by Crippen LogP contribution is 2.57. The van der Waals surface area contributed by atoms with Gasteiger partial charge in [-0.05, 0) is 91.4 Å². The molecule has 43 heavy (non-hydrogen) atoms. The highest BCUT2D eigenvalue weighted by molar-refractivity contribution is 6.07. The van der Waals surface area contributed by atoms with Crippen LogP contribution >= 0.6 is 0 Å². The van der Waals surface area contributed by atoms with Gasteiger partial charge in [-0.2, -0.15) is 0 Å². The smallest absolute Gasteiger partial charge is 0.229 e. The molecule has 1 spiro atoms. The largest absolute Gasteiger partial charge is 0.496 e. The van der Waals surface area contributed by atoms with E-state index < -0.39 is 11.1 Å². The molecule has 7 rings (SSSR count). The molecule has 0 amide bonds. The minimum atomic E-state index is -0.914. The van der Waals surface area contributed by atoms with Crippen molar-refractivity contribution < 1.29 is 19.0 Å². The fraction of sp³-hybridized carbons (Fsp3) is 0.243. The van der Waals surface area contributed by atoms with Crippen LogP contribution in [-0.4, -0.2) is 38.0 Å². The molecule has 6 nitrogen and oxygen atoms in total. The zero-order valence-corrected chi connectivity index (χ0v) is 25.1. The summed E-state index contributed by atoms with van der Waals surface area (Å²) in [6, 6.07) is 28.5. The predicted octanol–water partition coefficient (Wildman–Crippen LogP) is 8.18. The maximum atomic E-state index is 12.5. The molecule has 0 radical (unpaired) electrons. The van der Waals surface area contributed by atoms with Crippen LogP contribution in [0.1, 0.15) is 42.3 Å². The van der Waals surface area contributed by atoms with Crippen molar-refractivity contribution in [3.05, 3.63) is 102 Å². The number of carbonyl (C=O) groups is 1. The SMILES string of the molecule is COc1cc2ccc3c(c2cc1C(C)=O)N=CC1(O3)N(CCOc2ccccc2)c2cc(C)c3ccccc3c2C1(C)C. The molecular weight excluding hydrogens is 536 g/mol. The topological polar surface area (TPSA) is 60.4 Å². The van der Waals surface area contributed by atoms with Gasteiger partial charge in [0.25, 0.3) is 0 Å². The van der Waals surface area contributed by atoms with Crippen molar-refractivity contribution in [2.75, 3.05) is 25.2 Å². The van der Waals surface area contributed by atoms with Gasteiger partial charge < -0.3 is 19.1 Å². The molecule has 0 fully saturated rings. The first-order chi connectivity index (χ1) is 20.7. The number of ether oxygens (including phenoxy) is 3. The van der Waals surface area contributed by atoms with Crippen LogP contribution in [-0.2, 0) is 5.41 Å². The second-order valence-electron chi connectivity index (χ2n) is 11.9. The second kappa shape index (κ2) is 9.87. The van der Waals surface area contributed by atoms with Gasteiger partial charge in [0, 0.05) is 11.1 Å². The van der Waals surface area contributed by atoms with E-state index in [1.807, 2.05) is 60.8 Å². The van der Waals surface area contributed by atoms with Crippen molar-refractivity contribution >= 4 is 44.9 Å². The van der Waals surface area contributed by atoms with Gasteiger partial charge in [-0.25, -0.2) is 0 Å². The fourth-order valence-corrected chi connectivity index (χ4v) is 6.90. The molecule has 5 aromatic carbocycles. The average molecular weight is 571 g/mol. The summed E-state index contributed by atoms with van der Waals surface area (Å²) in [5.41, 5.74) is 3.40. The van der Waals surface area contributed by atoms with Crippen LogP contribution in [0.5, 0.6) is 17.2 Å². The molecule has 216 valence electrons. The Morgan fingerprint density at radius 3 is 2.42 bits per heavy atom. The molecule has 5 aromatic rings. The van der Waals surface area contributed by atoms with Crippen LogP contribution in [0, 0.1) is 6.92 Å². The monoisotopic (exact) mass is 570 g/mol. The first kappa shape index (κ1) is 27.0. The molecule has 2 heterocycles. The number of nitrogens with zero attached hydrogens (tertiary/aromatic N) is 2. The molecule has 0 aromatic heterocycles. The van der Waals surface area contributed by atoms with Gasteiger partial charge in [-0.15, -0.1) is 0 Å². The summed E-state index contributed by atoms with van der Waals surface area (Å²) in [7, 11) is 1.58. The maximum Gasteiger partial charge on any atom is 0.229 e. The summed E-state index contributed by atoms with van der Waals surface area (Å²) in [6.45, 7) is 9.25. The van der Waals surface area contributed by atoms with Crippen LogP contribution in [0.3, 0.4) is 0 Å². The zero-order valence-electron chi connectivity index (χ0n) is 25.1. The van der Waals surface area contributed by atoms with E-state index in [1.165, 1.54) is 21.9 Å². The van der Waals surface area contributed by atoms with E-state index in [-0.39, 0.29) is 5.78 Å². The molecule has 1 atom stereocenters. The lowest BCUT2D eigenvalue weighted by Gasteiger charge is -2.46. The van der Waals surface area contributed by atoms with Crippen LogP contribution in [0.15, 0.2) is 89.9 Å². The third-order valence-corrected chi connectivity index (χ3v) is 9.06. The first-order valence-electron chi connectivity index (χ1n) is 14.6. The zero-order chi connectivity index (χ0) is 29.9. The Bertz CT molecular complexity index is 1950. The van der Waals surface area contributed by atoms with Crippen LogP contribution < -0.4 is 19.1 Å². The summed E-state index contributed by atoms with van der Waals surface area (Å²) < 4.78 is 18.9. The van der Waals surface area contributed by atoms with Crippen LogP contribution in [0.25, 0.3) is 21.5 Å². The summed E-state index contributed by atoms with van der Waals surface area (Å²) >= 11 is 0. The van der Waals surface area contributed by atoms with E-state index in [2.05, 4.69) is 56.0 Å². The van der Waals surface area contributed by atoms with Crippen molar-refractivity contribution in [3.8, 4) is 17.2 Å². The molecule has 0 N–H and O–H groups in total. The standard InChI is InChI=1S/C37H34N2O4/c1-23-19-31-34(28-14-10-9-13-27(23)28)36(3,4)37(39(31)17-18-42-26-11-7-6-8-12-26)22-38-35-30-21-29(24(2)40)33(41-5)20-25(30)15-16-32(35)43-37/h6-16,19-22H,17-18H2,1-5H3. The molecule has 0 saturated heterocycles. The summed E-state index contributed by atoms with van der Waals surface area (Å²) in [4.78, 5) is 19.9. The number of hydrogen-bond acceptors (Lipinski definition) is 6. The Balaban J connectivity index is 1.38. The molecule has 6 heteroatoms. The quantitative estimate of drug-likeness (QED) is 0.193. The van der Waals surface area contributed by atoms with Gasteiger partial charge >= 0.3 is 0 Å². The van der Waals surface area contributed by atoms with Crippen LogP contribution in [0.4, 0.5) is 11.4 Å². The number of methoxy groups -OCH3 is 1. The number of aliphatic imine (C=N–C) groups is 1. The van der Waals surface area contributed by atoms with Gasteiger partial charge in [-0.3, -0.25) is 9.79 Å². The number of anilines is 1. The number of para-hydroxylation sites is 1. The van der Waals surface area contributed by atoms with E-state index in [0.717, 1.165) is 22.2 Å². The number of rotatable bonds is 6. The fourth-order valence-electron chi connectivity index (χ4n) is 6.90. The van der Waals surface area contributed by atoms with E-state index in [4.69, 9.17) is 19.2 Å². The maximum absolute atomic E-state index is 12.5. The Morgan fingerprint density at radius 2 is 1.67 bits per heavy atom. The van der Waals surface area contributed by atoms with Gasteiger partial charge in [0.15, 0.2) is 5.78 Å². The lowest BCUT2D eigenvalue weighted by Crippen LogP contribution is -2.63. The van der Waals surface area contributed by atoms with Gasteiger partial charge in [-0.1, -0.05) is 48.5 Å². The van der Waals surface area contributed by atoms with Crippen molar-refractivity contribution in [3.63, 3.8) is 0 Å². The molecule has 0 aliphatic carbocycles. The highest BCUT2D eigenvalue weighted by Gasteiger charge is 2.60. The Kier molecular flexibility index (Phi) is 6.20. The van der Waals surface area contributed by atoms with E-state index in [0.29, 0.717) is 35.9 Å². The lowest BCUT2D eigenvalue weighted by molar-refractivity contribution is 0.0755. The number of hydrogen-bond donors (Lipinski definition) is 0. The number of fused-ring (bicyclic) bond motifs is 6. The van der Waals surface area contributed by atoms with Crippen molar-refractivity contribution in [2.45, 2.75) is 38.8 Å². The van der Waals surface area contributed by atoms with E-state index in [1.54, 1.807) is 14.0 Å². The van der Waals surface area contributed by atoms with Crippen molar-refractivity contribution in [1.29, 1.82) is 0 Å². The molecular formula is C37H34N2O4. The average Bonchev–Trinajstić information content (AvgIpc) is 3.18. The Morgan fingerprint density at radius 1 is 0.930 bits per heavy atom. The van der Waals surface area contributed by atoms with Gasteiger partial charge in [0.05, 0.1) is 30.8 Å². The molecule has 2 aliphatic rings. The molecule has 2 aliphatic heterocycles. The molecule has 0 saturated carbocycles. The van der Waals surface area contributed by atoms with Crippen molar-refractivity contribution in [1.82, 2.24) is 0 Å². The summed E-state index contributed by atoms with van der Waals surface area (Å²) in [6.07, 6.45) is 1.96. The number of Topliss-reactive ketones (excluding diaryl/α,β-unsaturated/α-hetero) is 1. The predicted molar refractivity (Wildman–Crippen MR) is 173 cm³/mol. The third-order valence-electron chi connectivity index (χ3n) is 9.06. The van der Waals surface area contributed by atoms with Crippen LogP contribution in [0.2, 0.25) is 0 Å². The highest BCUT2D eigenvalue weighted by atomic mass is 16.5. The minimum Gasteiger partial charge on any atom is -0.496 e. The summed E-state index contributed by atoms with van der Waals surface area (Å²) in [5, 5.41) is 4.23. The molecule has 1 unspecified atom stereocenters. The summed E-state index contributed by atoms with van der Waals surface area (Å²) in [5.74, 6) is 1.99. The third kappa shape index (κ3) is 4.00. The molecule has 0 bridgehead atoms.